The molecule has 0 aliphatic carbocycles. The lowest BCUT2D eigenvalue weighted by atomic mass is 10.2. The number of carbonyl (C=O) groups is 1. The number of anilines is 1. The zero-order valence-electron chi connectivity index (χ0n) is 13.2. The Morgan fingerprint density at radius 1 is 1.33 bits per heavy atom. The van der Waals surface area contributed by atoms with E-state index < -0.39 is 0 Å². The number of ether oxygens (including phenoxy) is 2. The molecule has 7 heteroatoms. The predicted molar refractivity (Wildman–Crippen MR) is 96.1 cm³/mol. The van der Waals surface area contributed by atoms with E-state index in [1.807, 2.05) is 6.92 Å². The molecule has 1 heterocycles. The van der Waals surface area contributed by atoms with E-state index in [-0.39, 0.29) is 5.91 Å². The van der Waals surface area contributed by atoms with Crippen molar-refractivity contribution in [3.63, 3.8) is 0 Å². The van der Waals surface area contributed by atoms with Crippen molar-refractivity contribution in [2.75, 3.05) is 19.0 Å². The topological polar surface area (TPSA) is 60.5 Å². The van der Waals surface area contributed by atoms with Crippen molar-refractivity contribution in [2.45, 2.75) is 6.92 Å². The minimum Gasteiger partial charge on any atom is -0.491 e. The standard InChI is InChI=1S/C17H16Cl2N2O3/c1-3-24-14-9-11(8-13(19)17(14)23-2)4-7-16(22)21-15-6-5-12(18)10-20-15/h4-10H,3H2,1-2H3,(H,20,21,22)/b7-4+. The van der Waals surface area contributed by atoms with Crippen molar-refractivity contribution in [1.82, 2.24) is 4.98 Å². The van der Waals surface area contributed by atoms with Crippen molar-refractivity contribution in [2.24, 2.45) is 0 Å². The van der Waals surface area contributed by atoms with Gasteiger partial charge in [0.05, 0.1) is 23.8 Å². The molecule has 0 aliphatic rings. The van der Waals surface area contributed by atoms with E-state index in [1.54, 1.807) is 30.3 Å². The van der Waals surface area contributed by atoms with Crippen LogP contribution in [0.4, 0.5) is 5.82 Å². The number of nitrogens with zero attached hydrogens (tertiary/aromatic N) is 1. The normalized spacial score (nSPS) is 10.7. The summed E-state index contributed by atoms with van der Waals surface area (Å²) in [5.41, 5.74) is 0.712. The molecule has 0 radical (unpaired) electrons. The summed E-state index contributed by atoms with van der Waals surface area (Å²) in [6.07, 6.45) is 4.46. The molecule has 24 heavy (non-hydrogen) atoms. The van der Waals surface area contributed by atoms with Crippen LogP contribution in [0.1, 0.15) is 12.5 Å². The van der Waals surface area contributed by atoms with Gasteiger partial charge in [0.2, 0.25) is 5.91 Å². The van der Waals surface area contributed by atoms with Crippen LogP contribution >= 0.6 is 23.2 Å². The second-order valence-electron chi connectivity index (χ2n) is 4.65. The number of hydrogen-bond acceptors (Lipinski definition) is 4. The largest absolute Gasteiger partial charge is 0.491 e. The quantitative estimate of drug-likeness (QED) is 0.767. The number of rotatable bonds is 6. The Kier molecular flexibility index (Phi) is 6.46. The molecule has 0 aliphatic heterocycles. The summed E-state index contributed by atoms with van der Waals surface area (Å²) < 4.78 is 10.7. The number of pyridine rings is 1. The van der Waals surface area contributed by atoms with Crippen LogP contribution < -0.4 is 14.8 Å². The highest BCUT2D eigenvalue weighted by atomic mass is 35.5. The fourth-order valence-electron chi connectivity index (χ4n) is 1.93. The smallest absolute Gasteiger partial charge is 0.249 e. The van der Waals surface area contributed by atoms with Crippen LogP contribution in [0.3, 0.4) is 0 Å². The van der Waals surface area contributed by atoms with Gasteiger partial charge in [0.15, 0.2) is 11.5 Å². The molecular formula is C17H16Cl2N2O3. The number of hydrogen-bond donors (Lipinski definition) is 1. The van der Waals surface area contributed by atoms with E-state index in [1.165, 1.54) is 19.4 Å². The van der Waals surface area contributed by atoms with Crippen LogP contribution in [-0.4, -0.2) is 24.6 Å². The van der Waals surface area contributed by atoms with Gasteiger partial charge in [0.1, 0.15) is 5.82 Å². The van der Waals surface area contributed by atoms with Crippen molar-refractivity contribution >= 4 is 41.0 Å². The summed E-state index contributed by atoms with van der Waals surface area (Å²) in [6, 6.07) is 6.70. The maximum atomic E-state index is 11.9. The molecule has 1 N–H and O–H groups in total. The first-order valence-electron chi connectivity index (χ1n) is 7.14. The van der Waals surface area contributed by atoms with Gasteiger partial charge in [-0.2, -0.15) is 0 Å². The summed E-state index contributed by atoms with van der Waals surface area (Å²) >= 11 is 11.9. The Morgan fingerprint density at radius 3 is 2.75 bits per heavy atom. The van der Waals surface area contributed by atoms with E-state index in [4.69, 9.17) is 32.7 Å². The van der Waals surface area contributed by atoms with Crippen LogP contribution in [0.2, 0.25) is 10.0 Å². The number of halogens is 2. The summed E-state index contributed by atoms with van der Waals surface area (Å²) in [5.74, 6) is 1.07. The molecule has 0 spiro atoms. The first kappa shape index (κ1) is 18.1. The molecule has 2 rings (SSSR count). The third-order valence-electron chi connectivity index (χ3n) is 2.94. The van der Waals surface area contributed by atoms with Crippen LogP contribution in [-0.2, 0) is 4.79 Å². The highest BCUT2D eigenvalue weighted by molar-refractivity contribution is 6.32. The van der Waals surface area contributed by atoms with Gasteiger partial charge in [0.25, 0.3) is 0 Å². The van der Waals surface area contributed by atoms with Gasteiger partial charge in [-0.15, -0.1) is 0 Å². The minimum absolute atomic E-state index is 0.324. The van der Waals surface area contributed by atoms with E-state index in [9.17, 15) is 4.79 Å². The Labute approximate surface area is 150 Å². The molecule has 1 aromatic heterocycles. The summed E-state index contributed by atoms with van der Waals surface area (Å²) in [5, 5.41) is 3.54. The van der Waals surface area contributed by atoms with Gasteiger partial charge in [-0.1, -0.05) is 23.2 Å². The molecule has 1 amide bonds. The Bertz CT molecular complexity index is 746. The lowest BCUT2D eigenvalue weighted by Crippen LogP contribution is -2.08. The van der Waals surface area contributed by atoms with Crippen molar-refractivity contribution in [1.29, 1.82) is 0 Å². The van der Waals surface area contributed by atoms with Crippen LogP contribution in [0.15, 0.2) is 36.5 Å². The number of methoxy groups -OCH3 is 1. The molecule has 0 saturated heterocycles. The zero-order chi connectivity index (χ0) is 17.5. The second-order valence-corrected chi connectivity index (χ2v) is 5.50. The lowest BCUT2D eigenvalue weighted by Gasteiger charge is -2.11. The molecule has 0 atom stereocenters. The molecule has 5 nitrogen and oxygen atoms in total. The third-order valence-corrected chi connectivity index (χ3v) is 3.45. The maximum Gasteiger partial charge on any atom is 0.249 e. The lowest BCUT2D eigenvalue weighted by molar-refractivity contribution is -0.111. The van der Waals surface area contributed by atoms with E-state index in [2.05, 4.69) is 10.3 Å². The van der Waals surface area contributed by atoms with Gasteiger partial charge in [-0.25, -0.2) is 4.98 Å². The molecular weight excluding hydrogens is 351 g/mol. The summed E-state index contributed by atoms with van der Waals surface area (Å²) in [6.45, 7) is 2.34. The number of benzene rings is 1. The first-order chi connectivity index (χ1) is 11.5. The van der Waals surface area contributed by atoms with Crippen LogP contribution in [0, 0.1) is 0 Å². The SMILES string of the molecule is CCOc1cc(/C=C/C(=O)Nc2ccc(Cl)cn2)cc(Cl)c1OC. The number of amides is 1. The maximum absolute atomic E-state index is 11.9. The van der Waals surface area contributed by atoms with E-state index in [0.29, 0.717) is 39.5 Å². The molecule has 126 valence electrons. The zero-order valence-corrected chi connectivity index (χ0v) is 14.7. The summed E-state index contributed by atoms with van der Waals surface area (Å²) in [7, 11) is 1.52. The number of carbonyl (C=O) groups excluding carboxylic acids is 1. The van der Waals surface area contributed by atoms with Crippen molar-refractivity contribution in [3.05, 3.63) is 52.1 Å². The van der Waals surface area contributed by atoms with Crippen molar-refractivity contribution < 1.29 is 14.3 Å². The first-order valence-corrected chi connectivity index (χ1v) is 7.90. The molecule has 1 aromatic carbocycles. The number of aromatic nitrogens is 1. The minimum atomic E-state index is -0.324. The summed E-state index contributed by atoms with van der Waals surface area (Å²) in [4.78, 5) is 15.9. The van der Waals surface area contributed by atoms with Gasteiger partial charge in [-0.05, 0) is 42.8 Å². The van der Waals surface area contributed by atoms with Crippen LogP contribution in [0.25, 0.3) is 6.08 Å². The number of nitrogens with one attached hydrogen (secondary N) is 1. The van der Waals surface area contributed by atoms with Crippen molar-refractivity contribution in [3.8, 4) is 11.5 Å². The third kappa shape index (κ3) is 4.88. The monoisotopic (exact) mass is 366 g/mol. The molecule has 0 saturated carbocycles. The van der Waals surface area contributed by atoms with Gasteiger partial charge >= 0.3 is 0 Å². The average molecular weight is 367 g/mol. The molecule has 2 aromatic rings. The fraction of sp³-hybridized carbons (Fsp3) is 0.176. The molecule has 0 bridgehead atoms. The molecule has 0 unspecified atom stereocenters. The highest BCUT2D eigenvalue weighted by Gasteiger charge is 2.10. The average Bonchev–Trinajstić information content (AvgIpc) is 2.55. The van der Waals surface area contributed by atoms with Crippen LogP contribution in [0.5, 0.6) is 11.5 Å². The Morgan fingerprint density at radius 2 is 2.12 bits per heavy atom. The Hall–Kier alpha value is -2.24. The van der Waals surface area contributed by atoms with Gasteiger partial charge < -0.3 is 14.8 Å². The second kappa shape index (κ2) is 8.57. The fourth-order valence-corrected chi connectivity index (χ4v) is 2.34. The predicted octanol–water partition coefficient (Wildman–Crippen LogP) is 4.45. The van der Waals surface area contributed by atoms with E-state index >= 15 is 0 Å². The van der Waals surface area contributed by atoms with Gasteiger partial charge in [0, 0.05) is 12.3 Å². The Balaban J connectivity index is 2.12. The van der Waals surface area contributed by atoms with E-state index in [0.717, 1.165) is 0 Å². The molecule has 0 fully saturated rings. The van der Waals surface area contributed by atoms with Gasteiger partial charge in [-0.3, -0.25) is 4.79 Å². The highest BCUT2D eigenvalue weighted by Crippen LogP contribution is 2.36.